The molecular formula is C63H73Cl2FN6O14S. The number of carboxylic acids is 1. The van der Waals surface area contributed by atoms with Crippen LogP contribution in [0.3, 0.4) is 0 Å². The summed E-state index contributed by atoms with van der Waals surface area (Å²) in [5, 5.41) is 12.0. The lowest BCUT2D eigenvalue weighted by atomic mass is 9.92. The molecule has 3 aromatic heterocycles. The summed E-state index contributed by atoms with van der Waals surface area (Å²) in [7, 11) is 5.35. The summed E-state index contributed by atoms with van der Waals surface area (Å²) >= 11 is 16.1. The van der Waals surface area contributed by atoms with Crippen molar-refractivity contribution in [1.82, 2.24) is 29.7 Å². The Morgan fingerprint density at radius 2 is 1.39 bits per heavy atom. The zero-order chi connectivity index (χ0) is 61.1. The van der Waals surface area contributed by atoms with Gasteiger partial charge in [-0.25, -0.2) is 29.1 Å². The number of hydrogen-bond donors (Lipinski definition) is 1. The van der Waals surface area contributed by atoms with Crippen LogP contribution in [-0.2, 0) is 57.6 Å². The summed E-state index contributed by atoms with van der Waals surface area (Å²) in [6, 6.07) is 18.8. The topological polar surface area (TPSA) is 206 Å². The van der Waals surface area contributed by atoms with Crippen LogP contribution in [-0.4, -0.2) is 193 Å². The van der Waals surface area contributed by atoms with Gasteiger partial charge in [-0.15, -0.1) is 11.3 Å². The molecule has 0 amide bonds. The lowest BCUT2D eigenvalue weighted by molar-refractivity contribution is -0.145. The van der Waals surface area contributed by atoms with Crippen molar-refractivity contribution in [3.63, 3.8) is 0 Å². The number of carboxylic acid groups (broad SMARTS) is 1. The number of aliphatic carboxylic acids is 1. The van der Waals surface area contributed by atoms with Crippen LogP contribution in [0, 0.1) is 19.7 Å². The van der Waals surface area contributed by atoms with Gasteiger partial charge in [-0.2, -0.15) is 0 Å². The van der Waals surface area contributed by atoms with Gasteiger partial charge >= 0.3 is 5.97 Å². The van der Waals surface area contributed by atoms with Gasteiger partial charge in [0, 0.05) is 75.6 Å². The molecule has 0 aliphatic carbocycles. The van der Waals surface area contributed by atoms with Gasteiger partial charge < -0.3 is 66.8 Å². The molecular weight excluding hydrogens is 1190 g/mol. The van der Waals surface area contributed by atoms with Crippen molar-refractivity contribution in [2.45, 2.75) is 45.7 Å². The molecule has 6 heterocycles. The molecule has 1 N–H and O–H groups in total. The average molecular weight is 1260 g/mol. The first kappa shape index (κ1) is 65.1. The van der Waals surface area contributed by atoms with Gasteiger partial charge in [-0.3, -0.25) is 4.90 Å². The fourth-order valence-electron chi connectivity index (χ4n) is 9.88. The highest BCUT2D eigenvalue weighted by molar-refractivity contribution is 7.22. The first-order valence-corrected chi connectivity index (χ1v) is 30.3. The van der Waals surface area contributed by atoms with Crippen molar-refractivity contribution in [2.24, 2.45) is 0 Å². The summed E-state index contributed by atoms with van der Waals surface area (Å²) in [6.07, 6.45) is 0.668. The third kappa shape index (κ3) is 17.7. The van der Waals surface area contributed by atoms with Crippen LogP contribution in [0.4, 0.5) is 4.39 Å². The Morgan fingerprint density at radius 1 is 0.724 bits per heavy atom. The Kier molecular flexibility index (Phi) is 24.5. The van der Waals surface area contributed by atoms with Crippen molar-refractivity contribution in [3.05, 3.63) is 123 Å². The van der Waals surface area contributed by atoms with Crippen molar-refractivity contribution < 1.29 is 71.1 Å². The molecule has 3 aliphatic rings. The summed E-state index contributed by atoms with van der Waals surface area (Å²) in [5.41, 5.74) is 5.63. The summed E-state index contributed by atoms with van der Waals surface area (Å²) in [6.45, 7) is 12.9. The maximum atomic E-state index is 14.5. The summed E-state index contributed by atoms with van der Waals surface area (Å²) in [4.78, 5) is 38.2. The van der Waals surface area contributed by atoms with Crippen LogP contribution in [0.5, 0.6) is 28.9 Å². The highest BCUT2D eigenvalue weighted by Crippen LogP contribution is 2.53. The lowest BCUT2D eigenvalue weighted by Crippen LogP contribution is -2.49. The Morgan fingerprint density at radius 3 is 2.07 bits per heavy atom. The minimum absolute atomic E-state index is 0.000734. The molecule has 2 atom stereocenters. The molecule has 0 spiro atoms. The quantitative estimate of drug-likeness (QED) is 0.0433. The molecule has 0 unspecified atom stereocenters. The normalized spacial score (nSPS) is 15.7. The van der Waals surface area contributed by atoms with Crippen LogP contribution in [0.1, 0.15) is 27.9 Å². The van der Waals surface area contributed by atoms with Gasteiger partial charge in [0.15, 0.2) is 11.6 Å². The van der Waals surface area contributed by atoms with Gasteiger partial charge in [0.25, 0.3) is 0 Å². The predicted molar refractivity (Wildman–Crippen MR) is 328 cm³/mol. The second kappa shape index (κ2) is 32.7. The van der Waals surface area contributed by atoms with Gasteiger partial charge in [-0.1, -0.05) is 41.4 Å². The van der Waals surface area contributed by atoms with E-state index in [-0.39, 0.29) is 42.2 Å². The first-order valence-electron chi connectivity index (χ1n) is 28.7. The Hall–Kier alpha value is -6.38. The smallest absolute Gasteiger partial charge is 0.345 e. The second-order valence-electron chi connectivity index (χ2n) is 20.7. The van der Waals surface area contributed by atoms with Gasteiger partial charge in [-0.05, 0) is 97.2 Å². The van der Waals surface area contributed by atoms with E-state index in [1.807, 2.05) is 32.0 Å². The number of aromatic nitrogens is 4. The number of fused-ring (bicyclic) bond motifs is 7. The van der Waals surface area contributed by atoms with E-state index in [1.165, 1.54) is 29.8 Å². The Bertz CT molecular complexity index is 3350. The van der Waals surface area contributed by atoms with Crippen LogP contribution >= 0.6 is 34.5 Å². The molecule has 3 aliphatic heterocycles. The Balaban J connectivity index is 1.01. The van der Waals surface area contributed by atoms with Crippen LogP contribution in [0.2, 0.25) is 10.0 Å². The molecule has 24 heteroatoms. The predicted octanol–water partition coefficient (Wildman–Crippen LogP) is 9.84. The minimum atomic E-state index is -1.52. The number of halogens is 3. The number of carbonyl (C=O) groups is 1. The number of benzene rings is 4. The number of likely N-dealkylation sites (N-methyl/N-ethyl adjacent to an activating group) is 1. The monoisotopic (exact) mass is 1260 g/mol. The first-order chi connectivity index (χ1) is 42.4. The van der Waals surface area contributed by atoms with Gasteiger partial charge in [0.05, 0.1) is 106 Å². The highest BCUT2D eigenvalue weighted by atomic mass is 35.5. The highest BCUT2D eigenvalue weighted by Gasteiger charge is 2.32. The van der Waals surface area contributed by atoms with Gasteiger partial charge in [0.1, 0.15) is 60.1 Å². The molecule has 1 saturated heterocycles. The maximum Gasteiger partial charge on any atom is 0.345 e. The molecule has 466 valence electrons. The number of thiophene rings is 1. The van der Waals surface area contributed by atoms with E-state index in [4.69, 9.17) is 85.0 Å². The molecule has 4 aromatic carbocycles. The van der Waals surface area contributed by atoms with Crippen LogP contribution in [0.25, 0.3) is 43.2 Å². The van der Waals surface area contributed by atoms with E-state index in [1.54, 1.807) is 56.8 Å². The number of piperazine rings is 1. The average Bonchev–Trinajstić information content (AvgIpc) is 1.71. The SMILES string of the molecule is COCCOCCOCCOCc1ccc(-c2nccc(COc3ccc4cc3C[C@H](C(=O)O)Oc3ncnc5sc(-c6ccc(F)cc6)c(c35)-c3c(C)c(Cl)c(c(Cl)c3C)O[C@H](CN3CCN(C)CC3)CO4)n2)c(OCCOCCOCCOC)c1. The van der Waals surface area contributed by atoms with Crippen molar-refractivity contribution in [3.8, 4) is 61.8 Å². The molecule has 20 nitrogen and oxygen atoms in total. The van der Waals surface area contributed by atoms with E-state index in [2.05, 4.69) is 31.8 Å². The standard InChI is InChI=1S/C63H73Cl2FN6O14S/c1-40-53-41(2)57(65)58(56(40)64)85-48(35-72-18-16-71(3)17-19-72)38-83-47-11-13-50(44(33-47)34-52(63(73)74)86-61-55-54(53)59(87-62(55)69-39-68-61)43-7-9-45(66)10-8-43)84-37-46-14-15-67-60(70-46)49-12-6-42(36-81-29-28-79-26-24-77-22-20-75-4)32-51(49)82-31-30-80-27-25-78-23-21-76-5/h6-15,32-33,39,48,52H,16-31,34-38H2,1-5H3,(H,73,74)/t48-,52-/m1/s1. The molecule has 7 aromatic rings. The van der Waals surface area contributed by atoms with Gasteiger partial charge in [0.2, 0.25) is 12.0 Å². The number of nitrogens with zero attached hydrogens (tertiary/aromatic N) is 6. The molecule has 1 fully saturated rings. The molecule has 10 rings (SSSR count). The third-order valence-corrected chi connectivity index (χ3v) is 16.5. The molecule has 0 radical (unpaired) electrons. The number of rotatable bonds is 29. The molecule has 4 bridgehead atoms. The second-order valence-corrected chi connectivity index (χ2v) is 22.4. The van der Waals surface area contributed by atoms with E-state index in [0.717, 1.165) is 31.7 Å². The van der Waals surface area contributed by atoms with Crippen LogP contribution in [0.15, 0.2) is 79.3 Å². The van der Waals surface area contributed by atoms with Crippen LogP contribution < -0.4 is 23.7 Å². The van der Waals surface area contributed by atoms with E-state index in [9.17, 15) is 14.3 Å². The summed E-state index contributed by atoms with van der Waals surface area (Å²) in [5.74, 6) is 0.282. The van der Waals surface area contributed by atoms with Crippen molar-refractivity contribution in [2.75, 3.05) is 140 Å². The van der Waals surface area contributed by atoms with Crippen molar-refractivity contribution >= 4 is 50.7 Å². The lowest BCUT2D eigenvalue weighted by Gasteiger charge is -2.35. The minimum Gasteiger partial charge on any atom is -0.490 e. The Labute approximate surface area is 519 Å². The van der Waals surface area contributed by atoms with E-state index < -0.39 is 24.0 Å². The van der Waals surface area contributed by atoms with Crippen molar-refractivity contribution in [1.29, 1.82) is 0 Å². The molecule has 0 saturated carbocycles. The zero-order valence-corrected chi connectivity index (χ0v) is 51.8. The number of methoxy groups -OCH3 is 2. The third-order valence-electron chi connectivity index (χ3n) is 14.5. The fourth-order valence-corrected chi connectivity index (χ4v) is 11.5. The molecule has 87 heavy (non-hydrogen) atoms. The van der Waals surface area contributed by atoms with E-state index in [0.29, 0.717) is 174 Å². The largest absolute Gasteiger partial charge is 0.490 e. The zero-order valence-electron chi connectivity index (χ0n) is 49.5. The summed E-state index contributed by atoms with van der Waals surface area (Å²) < 4.78 is 85.9. The maximum absolute atomic E-state index is 14.5. The number of hydrogen-bond acceptors (Lipinski definition) is 20. The fraction of sp³-hybridized carbons (Fsp3) is 0.444. The van der Waals surface area contributed by atoms with E-state index >= 15 is 0 Å². The number of ether oxygens (including phenoxy) is 12.